The van der Waals surface area contributed by atoms with Crippen LogP contribution in [-0.2, 0) is 6.42 Å². The molecule has 0 aliphatic carbocycles. The van der Waals surface area contributed by atoms with Gasteiger partial charge in [-0.1, -0.05) is 54.1 Å². The van der Waals surface area contributed by atoms with E-state index in [4.69, 9.17) is 5.26 Å². The third-order valence-corrected chi connectivity index (χ3v) is 3.86. The zero-order valence-electron chi connectivity index (χ0n) is 13.4. The van der Waals surface area contributed by atoms with Crippen molar-refractivity contribution < 1.29 is 4.79 Å². The van der Waals surface area contributed by atoms with Crippen LogP contribution in [-0.4, -0.2) is 10.8 Å². The summed E-state index contributed by atoms with van der Waals surface area (Å²) < 4.78 is 0. The van der Waals surface area contributed by atoms with Gasteiger partial charge >= 0.3 is 0 Å². The quantitative estimate of drug-likeness (QED) is 0.682. The first-order chi connectivity index (χ1) is 11.7. The van der Waals surface area contributed by atoms with E-state index in [0.29, 0.717) is 23.1 Å². The van der Waals surface area contributed by atoms with Crippen molar-refractivity contribution in [1.29, 1.82) is 5.26 Å². The highest BCUT2D eigenvalue weighted by Crippen LogP contribution is 2.19. The Kier molecular flexibility index (Phi) is 4.49. The molecule has 116 valence electrons. The van der Waals surface area contributed by atoms with Crippen LogP contribution in [0.1, 0.15) is 38.3 Å². The van der Waals surface area contributed by atoms with Crippen LogP contribution in [0.3, 0.4) is 0 Å². The molecule has 0 saturated heterocycles. The van der Waals surface area contributed by atoms with Crippen molar-refractivity contribution in [3.63, 3.8) is 0 Å². The van der Waals surface area contributed by atoms with Crippen LogP contribution in [0.5, 0.6) is 0 Å². The molecule has 0 aliphatic heterocycles. The second-order valence-corrected chi connectivity index (χ2v) is 5.68. The van der Waals surface area contributed by atoms with Crippen molar-refractivity contribution in [1.82, 2.24) is 4.98 Å². The number of carbonyl (C=O) groups is 1. The lowest BCUT2D eigenvalue weighted by Gasteiger charge is -2.10. The molecule has 0 bridgehead atoms. The summed E-state index contributed by atoms with van der Waals surface area (Å²) in [6, 6.07) is 20.6. The Balaban J connectivity index is 2.00. The summed E-state index contributed by atoms with van der Waals surface area (Å²) in [5.74, 6) is 0.00189. The molecule has 0 aliphatic rings. The molecular formula is C21H16N2O. The van der Waals surface area contributed by atoms with Crippen LogP contribution in [0, 0.1) is 18.3 Å². The van der Waals surface area contributed by atoms with Gasteiger partial charge in [0.2, 0.25) is 0 Å². The summed E-state index contributed by atoms with van der Waals surface area (Å²) in [7, 11) is 0. The van der Waals surface area contributed by atoms with Crippen molar-refractivity contribution in [2.45, 2.75) is 13.3 Å². The minimum atomic E-state index is 0.00189. The lowest BCUT2D eigenvalue weighted by molar-refractivity contribution is 0.103. The minimum absolute atomic E-state index is 0.00189. The van der Waals surface area contributed by atoms with E-state index < -0.39 is 0 Å². The smallest absolute Gasteiger partial charge is 0.193 e. The standard InChI is InChI=1S/C21H16N2O/c1-15-7-8-20(21(24)17-5-3-2-4-6-17)18(11-15)13-19-12-16(14-22)9-10-23-19/h2-12H,13H2,1H3. The number of pyridine rings is 1. The van der Waals surface area contributed by atoms with E-state index in [-0.39, 0.29) is 5.78 Å². The highest BCUT2D eigenvalue weighted by Gasteiger charge is 2.14. The molecule has 0 radical (unpaired) electrons. The molecule has 3 rings (SSSR count). The number of hydrogen-bond donors (Lipinski definition) is 0. The van der Waals surface area contributed by atoms with Crippen molar-refractivity contribution in [2.75, 3.05) is 0 Å². The highest BCUT2D eigenvalue weighted by atomic mass is 16.1. The zero-order valence-corrected chi connectivity index (χ0v) is 13.4. The number of hydrogen-bond acceptors (Lipinski definition) is 3. The van der Waals surface area contributed by atoms with E-state index in [9.17, 15) is 4.79 Å². The summed E-state index contributed by atoms with van der Waals surface area (Å²) in [5, 5.41) is 9.03. The first-order valence-electron chi connectivity index (χ1n) is 7.71. The first kappa shape index (κ1) is 15.6. The molecular weight excluding hydrogens is 296 g/mol. The van der Waals surface area contributed by atoms with Crippen molar-refractivity contribution in [2.24, 2.45) is 0 Å². The molecule has 0 spiro atoms. The lowest BCUT2D eigenvalue weighted by Crippen LogP contribution is -2.07. The maximum Gasteiger partial charge on any atom is 0.193 e. The van der Waals surface area contributed by atoms with Gasteiger partial charge in [0.05, 0.1) is 11.6 Å². The Morgan fingerprint density at radius 3 is 2.62 bits per heavy atom. The molecule has 3 aromatic rings. The van der Waals surface area contributed by atoms with Crippen molar-refractivity contribution in [3.8, 4) is 6.07 Å². The number of ketones is 1. The fourth-order valence-electron chi connectivity index (χ4n) is 2.67. The van der Waals surface area contributed by atoms with Crippen LogP contribution >= 0.6 is 0 Å². The number of aromatic nitrogens is 1. The van der Waals surface area contributed by atoms with E-state index in [1.165, 1.54) is 0 Å². The fourth-order valence-corrected chi connectivity index (χ4v) is 2.67. The van der Waals surface area contributed by atoms with Gasteiger partial charge in [-0.3, -0.25) is 9.78 Å². The molecule has 0 unspecified atom stereocenters. The van der Waals surface area contributed by atoms with Crippen LogP contribution < -0.4 is 0 Å². The number of nitriles is 1. The van der Waals surface area contributed by atoms with Crippen LogP contribution in [0.15, 0.2) is 66.9 Å². The highest BCUT2D eigenvalue weighted by molar-refractivity contribution is 6.10. The SMILES string of the molecule is Cc1ccc(C(=O)c2ccccc2)c(Cc2cc(C#N)ccn2)c1. The van der Waals surface area contributed by atoms with Crippen LogP contribution in [0.25, 0.3) is 0 Å². The lowest BCUT2D eigenvalue weighted by atomic mass is 9.94. The predicted octanol–water partition coefficient (Wildman–Crippen LogP) is 4.08. The Bertz CT molecular complexity index is 924. The molecule has 3 heteroatoms. The molecule has 3 nitrogen and oxygen atoms in total. The minimum Gasteiger partial charge on any atom is -0.289 e. The van der Waals surface area contributed by atoms with Gasteiger partial charge in [-0.15, -0.1) is 0 Å². The Morgan fingerprint density at radius 2 is 1.88 bits per heavy atom. The molecule has 1 heterocycles. The Morgan fingerprint density at radius 1 is 1.08 bits per heavy atom. The third-order valence-electron chi connectivity index (χ3n) is 3.86. The number of nitrogens with zero attached hydrogens (tertiary/aromatic N) is 2. The molecule has 0 amide bonds. The number of benzene rings is 2. The van der Waals surface area contributed by atoms with Crippen LogP contribution in [0.2, 0.25) is 0 Å². The maximum atomic E-state index is 12.8. The van der Waals surface area contributed by atoms with Gasteiger partial charge in [0, 0.05) is 29.4 Å². The van der Waals surface area contributed by atoms with Gasteiger partial charge in [0.15, 0.2) is 5.78 Å². The second-order valence-electron chi connectivity index (χ2n) is 5.68. The third kappa shape index (κ3) is 3.39. The van der Waals surface area contributed by atoms with E-state index >= 15 is 0 Å². The van der Waals surface area contributed by atoms with Gasteiger partial charge in [-0.05, 0) is 24.6 Å². The van der Waals surface area contributed by atoms with Gasteiger partial charge < -0.3 is 0 Å². The summed E-state index contributed by atoms with van der Waals surface area (Å²) in [4.78, 5) is 17.1. The summed E-state index contributed by atoms with van der Waals surface area (Å²) in [5.41, 5.74) is 4.71. The van der Waals surface area contributed by atoms with E-state index in [2.05, 4.69) is 11.1 Å². The second kappa shape index (κ2) is 6.89. The first-order valence-corrected chi connectivity index (χ1v) is 7.71. The fraction of sp³-hybridized carbons (Fsp3) is 0.0952. The molecule has 0 N–H and O–H groups in total. The molecule has 0 fully saturated rings. The van der Waals surface area contributed by atoms with E-state index in [1.54, 1.807) is 18.3 Å². The molecule has 0 atom stereocenters. The van der Waals surface area contributed by atoms with Crippen LogP contribution in [0.4, 0.5) is 0 Å². The topological polar surface area (TPSA) is 53.8 Å². The van der Waals surface area contributed by atoms with Gasteiger partial charge in [0.1, 0.15) is 0 Å². The molecule has 2 aromatic carbocycles. The predicted molar refractivity (Wildman–Crippen MR) is 92.8 cm³/mol. The summed E-state index contributed by atoms with van der Waals surface area (Å²) >= 11 is 0. The number of aryl methyl sites for hydroxylation is 1. The van der Waals surface area contributed by atoms with Crippen molar-refractivity contribution in [3.05, 3.63) is 100 Å². The average Bonchev–Trinajstić information content (AvgIpc) is 2.62. The largest absolute Gasteiger partial charge is 0.289 e. The normalized spacial score (nSPS) is 10.2. The van der Waals surface area contributed by atoms with E-state index in [1.807, 2.05) is 55.5 Å². The van der Waals surface area contributed by atoms with Gasteiger partial charge in [-0.25, -0.2) is 0 Å². The number of carbonyl (C=O) groups excluding carboxylic acids is 1. The maximum absolute atomic E-state index is 12.8. The van der Waals surface area contributed by atoms with Gasteiger partial charge in [0.25, 0.3) is 0 Å². The summed E-state index contributed by atoms with van der Waals surface area (Å²) in [6.07, 6.45) is 2.15. The Labute approximate surface area is 141 Å². The monoisotopic (exact) mass is 312 g/mol. The molecule has 24 heavy (non-hydrogen) atoms. The summed E-state index contributed by atoms with van der Waals surface area (Å²) in [6.45, 7) is 2.00. The zero-order chi connectivity index (χ0) is 16.9. The molecule has 1 aromatic heterocycles. The number of rotatable bonds is 4. The van der Waals surface area contributed by atoms with E-state index in [0.717, 1.165) is 16.8 Å². The Hall–Kier alpha value is -3.25. The van der Waals surface area contributed by atoms with Gasteiger partial charge in [-0.2, -0.15) is 5.26 Å². The molecule has 0 saturated carbocycles. The van der Waals surface area contributed by atoms with Crippen molar-refractivity contribution >= 4 is 5.78 Å². The average molecular weight is 312 g/mol.